The first-order valence-electron chi connectivity index (χ1n) is 5.07. The van der Waals surface area contributed by atoms with E-state index >= 15 is 0 Å². The first-order chi connectivity index (χ1) is 7.42. The maximum atomic E-state index is 4.46. The zero-order valence-corrected chi connectivity index (χ0v) is 9.00. The van der Waals surface area contributed by atoms with Crippen LogP contribution in [0.3, 0.4) is 0 Å². The molecule has 2 aromatic rings. The van der Waals surface area contributed by atoms with E-state index in [9.17, 15) is 0 Å². The molecule has 76 valence electrons. The molecule has 0 radical (unpaired) electrons. The van der Waals surface area contributed by atoms with Crippen LogP contribution < -0.4 is 5.32 Å². The van der Waals surface area contributed by atoms with E-state index in [4.69, 9.17) is 0 Å². The van der Waals surface area contributed by atoms with Gasteiger partial charge in [-0.2, -0.15) is 9.36 Å². The molecule has 0 bridgehead atoms. The van der Waals surface area contributed by atoms with E-state index in [-0.39, 0.29) is 0 Å². The third-order valence-electron chi connectivity index (χ3n) is 2.36. The molecule has 1 fully saturated rings. The van der Waals surface area contributed by atoms with Crippen LogP contribution in [0.4, 0.5) is 5.13 Å². The number of nitrogens with zero attached hydrogens (tertiary/aromatic N) is 2. The normalized spacial score (nSPS) is 15.2. The fourth-order valence-corrected chi connectivity index (χ4v) is 2.05. The van der Waals surface area contributed by atoms with Gasteiger partial charge in [-0.3, -0.25) is 0 Å². The summed E-state index contributed by atoms with van der Waals surface area (Å²) in [6, 6.07) is 10.7. The number of anilines is 1. The van der Waals surface area contributed by atoms with Crippen molar-refractivity contribution < 1.29 is 0 Å². The molecule has 3 rings (SSSR count). The van der Waals surface area contributed by atoms with Gasteiger partial charge in [0.2, 0.25) is 5.13 Å². The highest BCUT2D eigenvalue weighted by Gasteiger charge is 2.22. The molecule has 1 N–H and O–H groups in total. The van der Waals surface area contributed by atoms with Gasteiger partial charge in [0.15, 0.2) is 5.82 Å². The number of hydrogen-bond donors (Lipinski definition) is 1. The Hall–Kier alpha value is -1.42. The van der Waals surface area contributed by atoms with Crippen molar-refractivity contribution in [1.29, 1.82) is 0 Å². The van der Waals surface area contributed by atoms with Crippen LogP contribution in [0.15, 0.2) is 30.3 Å². The summed E-state index contributed by atoms with van der Waals surface area (Å²) in [5, 5.41) is 4.29. The molecule has 0 saturated heterocycles. The third-order valence-corrected chi connectivity index (χ3v) is 3.01. The van der Waals surface area contributed by atoms with Gasteiger partial charge in [0.05, 0.1) is 0 Å². The van der Waals surface area contributed by atoms with E-state index in [1.54, 1.807) is 0 Å². The summed E-state index contributed by atoms with van der Waals surface area (Å²) in [7, 11) is 0. The number of rotatable bonds is 3. The third kappa shape index (κ3) is 1.99. The van der Waals surface area contributed by atoms with E-state index in [0.717, 1.165) is 16.5 Å². The second-order valence-corrected chi connectivity index (χ2v) is 4.46. The zero-order valence-electron chi connectivity index (χ0n) is 8.18. The molecule has 0 aliphatic heterocycles. The molecule has 15 heavy (non-hydrogen) atoms. The number of hydrogen-bond acceptors (Lipinski definition) is 4. The number of nitrogens with one attached hydrogen (secondary N) is 1. The highest BCUT2D eigenvalue weighted by atomic mass is 32.1. The van der Waals surface area contributed by atoms with Crippen LogP contribution in [-0.2, 0) is 0 Å². The molecule has 1 aliphatic rings. The minimum Gasteiger partial charge on any atom is -0.358 e. The summed E-state index contributed by atoms with van der Waals surface area (Å²) in [5.41, 5.74) is 1.08. The van der Waals surface area contributed by atoms with Crippen LogP contribution in [0.1, 0.15) is 12.8 Å². The Balaban J connectivity index is 1.83. The van der Waals surface area contributed by atoms with Crippen molar-refractivity contribution in [3.05, 3.63) is 30.3 Å². The summed E-state index contributed by atoms with van der Waals surface area (Å²) in [6.45, 7) is 0. The minimum atomic E-state index is 0.640. The monoisotopic (exact) mass is 217 g/mol. The van der Waals surface area contributed by atoms with Crippen molar-refractivity contribution >= 4 is 16.7 Å². The maximum Gasteiger partial charge on any atom is 0.203 e. The van der Waals surface area contributed by atoms with Crippen LogP contribution in [0, 0.1) is 0 Å². The van der Waals surface area contributed by atoms with Crippen LogP contribution in [-0.4, -0.2) is 15.4 Å². The second-order valence-electron chi connectivity index (χ2n) is 3.71. The number of benzene rings is 1. The van der Waals surface area contributed by atoms with E-state index in [1.807, 2.05) is 30.3 Å². The Morgan fingerprint density at radius 3 is 2.73 bits per heavy atom. The lowest BCUT2D eigenvalue weighted by Gasteiger charge is -1.95. The average molecular weight is 217 g/mol. The van der Waals surface area contributed by atoms with Gasteiger partial charge in [0.1, 0.15) is 0 Å². The summed E-state index contributed by atoms with van der Waals surface area (Å²) in [5.74, 6) is 0.823. The molecule has 1 heterocycles. The van der Waals surface area contributed by atoms with Crippen LogP contribution in [0.2, 0.25) is 0 Å². The van der Waals surface area contributed by atoms with Crippen molar-refractivity contribution in [3.63, 3.8) is 0 Å². The molecule has 1 aromatic heterocycles. The number of aromatic nitrogens is 2. The van der Waals surface area contributed by atoms with Gasteiger partial charge in [-0.25, -0.2) is 0 Å². The summed E-state index contributed by atoms with van der Waals surface area (Å²) in [4.78, 5) is 4.46. The van der Waals surface area contributed by atoms with Gasteiger partial charge in [-0.15, -0.1) is 0 Å². The van der Waals surface area contributed by atoms with Gasteiger partial charge in [-0.05, 0) is 12.8 Å². The molecule has 1 saturated carbocycles. The summed E-state index contributed by atoms with van der Waals surface area (Å²) >= 11 is 1.44. The van der Waals surface area contributed by atoms with Gasteiger partial charge in [0.25, 0.3) is 0 Å². The Morgan fingerprint density at radius 1 is 1.20 bits per heavy atom. The average Bonchev–Trinajstić information content (AvgIpc) is 2.96. The molecule has 0 atom stereocenters. The molecule has 0 amide bonds. The highest BCUT2D eigenvalue weighted by molar-refractivity contribution is 7.09. The quantitative estimate of drug-likeness (QED) is 0.859. The van der Waals surface area contributed by atoms with Crippen molar-refractivity contribution in [2.24, 2.45) is 0 Å². The first-order valence-corrected chi connectivity index (χ1v) is 5.85. The van der Waals surface area contributed by atoms with Crippen molar-refractivity contribution in [2.75, 3.05) is 5.32 Å². The Labute approximate surface area is 92.3 Å². The van der Waals surface area contributed by atoms with Gasteiger partial charge in [-0.1, -0.05) is 30.3 Å². The van der Waals surface area contributed by atoms with Crippen LogP contribution >= 0.6 is 11.5 Å². The lowest BCUT2D eigenvalue weighted by Crippen LogP contribution is -1.99. The topological polar surface area (TPSA) is 37.8 Å². The Bertz CT molecular complexity index is 448. The highest BCUT2D eigenvalue weighted by Crippen LogP contribution is 2.27. The first kappa shape index (κ1) is 8.85. The largest absolute Gasteiger partial charge is 0.358 e. The van der Waals surface area contributed by atoms with E-state index in [2.05, 4.69) is 14.7 Å². The van der Waals surface area contributed by atoms with Crippen LogP contribution in [0.25, 0.3) is 11.4 Å². The summed E-state index contributed by atoms with van der Waals surface area (Å²) < 4.78 is 4.34. The SMILES string of the molecule is c1ccc(-c2nsc(NC3CC3)n2)cc1. The predicted octanol–water partition coefficient (Wildman–Crippen LogP) is 2.78. The molecule has 3 nitrogen and oxygen atoms in total. The van der Waals surface area contributed by atoms with E-state index in [0.29, 0.717) is 6.04 Å². The van der Waals surface area contributed by atoms with Crippen molar-refractivity contribution in [3.8, 4) is 11.4 Å². The standard InChI is InChI=1S/C11H11N3S/c1-2-4-8(5-3-1)10-13-11(15-14-10)12-9-6-7-9/h1-5,9H,6-7H2,(H,12,13,14). The molecule has 0 spiro atoms. The lowest BCUT2D eigenvalue weighted by atomic mass is 10.2. The van der Waals surface area contributed by atoms with Crippen LogP contribution in [0.5, 0.6) is 0 Å². The second kappa shape index (κ2) is 3.62. The van der Waals surface area contributed by atoms with Crippen molar-refractivity contribution in [1.82, 2.24) is 9.36 Å². The molecular weight excluding hydrogens is 206 g/mol. The van der Waals surface area contributed by atoms with Gasteiger partial charge in [0, 0.05) is 23.1 Å². The maximum absolute atomic E-state index is 4.46. The molecular formula is C11H11N3S. The minimum absolute atomic E-state index is 0.640. The Kier molecular flexibility index (Phi) is 2.14. The molecule has 1 aromatic carbocycles. The van der Waals surface area contributed by atoms with Gasteiger partial charge < -0.3 is 5.32 Å². The fraction of sp³-hybridized carbons (Fsp3) is 0.273. The van der Waals surface area contributed by atoms with Crippen molar-refractivity contribution in [2.45, 2.75) is 18.9 Å². The molecule has 0 unspecified atom stereocenters. The van der Waals surface area contributed by atoms with E-state index in [1.165, 1.54) is 24.4 Å². The van der Waals surface area contributed by atoms with Gasteiger partial charge >= 0.3 is 0 Å². The fourth-order valence-electron chi connectivity index (χ4n) is 1.39. The lowest BCUT2D eigenvalue weighted by molar-refractivity contribution is 1.14. The molecule has 1 aliphatic carbocycles. The Morgan fingerprint density at radius 2 is 2.00 bits per heavy atom. The predicted molar refractivity (Wildman–Crippen MR) is 62.0 cm³/mol. The van der Waals surface area contributed by atoms with E-state index < -0.39 is 0 Å². The summed E-state index contributed by atoms with van der Waals surface area (Å²) in [6.07, 6.45) is 2.53. The molecule has 4 heteroatoms. The smallest absolute Gasteiger partial charge is 0.203 e. The zero-order chi connectivity index (χ0) is 10.1.